The third-order valence-electron chi connectivity index (χ3n) is 14.9. The summed E-state index contributed by atoms with van der Waals surface area (Å²) in [6, 6.07) is 72.5. The van der Waals surface area contributed by atoms with Gasteiger partial charge in [0.25, 0.3) is 0 Å². The predicted octanol–water partition coefficient (Wildman–Crippen LogP) is 15.9. The van der Waals surface area contributed by atoms with E-state index in [1.165, 1.54) is 92.2 Å². The first-order valence-corrected chi connectivity index (χ1v) is 22.4. The molecule has 8 aromatic carbocycles. The van der Waals surface area contributed by atoms with Crippen LogP contribution in [-0.4, -0.2) is 4.57 Å². The van der Waals surface area contributed by atoms with E-state index in [0.29, 0.717) is 11.8 Å². The van der Waals surface area contributed by atoms with E-state index in [2.05, 4.69) is 217 Å². The molecule has 12 rings (SSSR count). The number of anilines is 3. The van der Waals surface area contributed by atoms with Gasteiger partial charge in [0.15, 0.2) is 0 Å². The average molecular weight is 787 g/mol. The fraction of sp³-hybridized carbons (Fsp3) is 0.186. The first-order chi connectivity index (χ1) is 30.1. The third kappa shape index (κ3) is 5.61. The Morgan fingerprint density at radius 2 is 1.00 bits per heavy atom. The maximum atomic E-state index is 2.60. The zero-order valence-corrected chi connectivity index (χ0v) is 35.0. The summed E-state index contributed by atoms with van der Waals surface area (Å²) >= 11 is 0. The molecule has 0 radical (unpaired) electrons. The Kier molecular flexibility index (Phi) is 8.46. The van der Waals surface area contributed by atoms with E-state index < -0.39 is 0 Å². The zero-order chi connectivity index (χ0) is 40.7. The number of hydrogen-bond acceptors (Lipinski definition) is 1. The number of aromatic nitrogens is 1. The Bertz CT molecular complexity index is 3030. The Balaban J connectivity index is 1.00. The van der Waals surface area contributed by atoms with E-state index in [1.807, 2.05) is 0 Å². The van der Waals surface area contributed by atoms with E-state index in [4.69, 9.17) is 0 Å². The van der Waals surface area contributed by atoms with Crippen LogP contribution in [0.2, 0.25) is 0 Å². The molecule has 61 heavy (non-hydrogen) atoms. The molecule has 3 aliphatic rings. The van der Waals surface area contributed by atoms with Crippen LogP contribution in [0.15, 0.2) is 194 Å². The lowest BCUT2D eigenvalue weighted by atomic mass is 9.49. The van der Waals surface area contributed by atoms with Crippen LogP contribution in [0.5, 0.6) is 0 Å². The van der Waals surface area contributed by atoms with Gasteiger partial charge in [-0.3, -0.25) is 0 Å². The number of hydrogen-bond donors (Lipinski definition) is 0. The molecule has 9 aromatic rings. The number of fused-ring (bicyclic) bond motifs is 11. The molecule has 2 saturated carbocycles. The van der Waals surface area contributed by atoms with Gasteiger partial charge in [0, 0.05) is 38.8 Å². The molecule has 1 spiro atoms. The minimum absolute atomic E-state index is 0.0241. The van der Waals surface area contributed by atoms with Gasteiger partial charge in [-0.1, -0.05) is 153 Å². The minimum atomic E-state index is 0.0241. The summed E-state index contributed by atoms with van der Waals surface area (Å²) in [5.74, 6) is 2.83. The van der Waals surface area contributed by atoms with Crippen molar-refractivity contribution in [3.05, 3.63) is 205 Å². The summed E-state index contributed by atoms with van der Waals surface area (Å²) in [4.78, 5) is 2.49. The molecule has 296 valence electrons. The van der Waals surface area contributed by atoms with Crippen molar-refractivity contribution >= 4 is 38.9 Å². The fourth-order valence-corrected chi connectivity index (χ4v) is 12.6. The highest BCUT2D eigenvalue weighted by atomic mass is 15.1. The van der Waals surface area contributed by atoms with Gasteiger partial charge in [0.05, 0.1) is 16.7 Å². The summed E-state index contributed by atoms with van der Waals surface area (Å²) in [5, 5.41) is 2.55. The molecule has 0 aliphatic heterocycles. The molecule has 2 fully saturated rings. The van der Waals surface area contributed by atoms with E-state index in [0.717, 1.165) is 23.2 Å². The molecular weight excluding hydrogens is 737 g/mol. The van der Waals surface area contributed by atoms with Crippen LogP contribution in [0, 0.1) is 23.7 Å². The fourth-order valence-electron chi connectivity index (χ4n) is 12.6. The SMILES string of the molecule is C[C@H]1C[C@@H]2C[C@H](C1)C1(c3ccccc3-c3ccc(N(c4ccc(-c5ccccc5)cc4)c4ccc(-c5ccccc5-n5c6ccccc6c6ccccc65)cc4)cc31)[C@H](C)C2. The first kappa shape index (κ1) is 36.2. The van der Waals surface area contributed by atoms with Crippen molar-refractivity contribution in [1.29, 1.82) is 0 Å². The molecule has 3 aliphatic carbocycles. The molecule has 2 nitrogen and oxygen atoms in total. The lowest BCUT2D eigenvalue weighted by molar-refractivity contribution is 0.0426. The molecule has 1 heterocycles. The van der Waals surface area contributed by atoms with Gasteiger partial charge in [-0.05, 0) is 143 Å². The van der Waals surface area contributed by atoms with Crippen LogP contribution in [0.4, 0.5) is 17.1 Å². The second kappa shape index (κ2) is 14.2. The number of rotatable bonds is 6. The van der Waals surface area contributed by atoms with E-state index in [9.17, 15) is 0 Å². The maximum absolute atomic E-state index is 2.60. The molecule has 1 unspecified atom stereocenters. The lowest BCUT2D eigenvalue weighted by Gasteiger charge is -2.54. The normalized spacial score (nSPS) is 21.4. The molecule has 2 bridgehead atoms. The zero-order valence-electron chi connectivity index (χ0n) is 35.0. The van der Waals surface area contributed by atoms with Crippen molar-refractivity contribution in [1.82, 2.24) is 4.57 Å². The van der Waals surface area contributed by atoms with Crippen LogP contribution in [0.3, 0.4) is 0 Å². The van der Waals surface area contributed by atoms with Gasteiger partial charge in [-0.15, -0.1) is 0 Å². The second-order valence-electron chi connectivity index (χ2n) is 18.3. The highest BCUT2D eigenvalue weighted by Gasteiger charge is 2.56. The van der Waals surface area contributed by atoms with Crippen molar-refractivity contribution in [2.75, 3.05) is 4.90 Å². The number of nitrogens with zero attached hydrogens (tertiary/aromatic N) is 2. The summed E-state index contributed by atoms with van der Waals surface area (Å²) in [7, 11) is 0. The molecule has 2 heteroatoms. The summed E-state index contributed by atoms with van der Waals surface area (Å²) in [5.41, 5.74) is 18.0. The molecule has 0 amide bonds. The number of benzene rings is 8. The van der Waals surface area contributed by atoms with Gasteiger partial charge in [-0.2, -0.15) is 0 Å². The van der Waals surface area contributed by atoms with Crippen molar-refractivity contribution in [2.24, 2.45) is 23.7 Å². The quantitative estimate of drug-likeness (QED) is 0.163. The van der Waals surface area contributed by atoms with Gasteiger partial charge >= 0.3 is 0 Å². The van der Waals surface area contributed by atoms with Crippen molar-refractivity contribution < 1.29 is 0 Å². The Morgan fingerprint density at radius 3 is 1.72 bits per heavy atom. The maximum Gasteiger partial charge on any atom is 0.0541 e. The highest BCUT2D eigenvalue weighted by molar-refractivity contribution is 6.09. The highest BCUT2D eigenvalue weighted by Crippen LogP contribution is 2.65. The van der Waals surface area contributed by atoms with Gasteiger partial charge < -0.3 is 9.47 Å². The molecule has 0 saturated heterocycles. The van der Waals surface area contributed by atoms with Gasteiger partial charge in [0.1, 0.15) is 0 Å². The number of para-hydroxylation sites is 3. The second-order valence-corrected chi connectivity index (χ2v) is 18.3. The smallest absolute Gasteiger partial charge is 0.0541 e. The van der Waals surface area contributed by atoms with Crippen LogP contribution in [-0.2, 0) is 5.41 Å². The molecule has 5 atom stereocenters. The average Bonchev–Trinajstić information content (AvgIpc) is 3.80. The van der Waals surface area contributed by atoms with E-state index in [1.54, 1.807) is 11.1 Å². The molecule has 0 N–H and O–H groups in total. The van der Waals surface area contributed by atoms with Gasteiger partial charge in [-0.25, -0.2) is 0 Å². The monoisotopic (exact) mass is 786 g/mol. The van der Waals surface area contributed by atoms with Crippen molar-refractivity contribution in [3.63, 3.8) is 0 Å². The van der Waals surface area contributed by atoms with Crippen LogP contribution >= 0.6 is 0 Å². The molecular formula is C59H50N2. The minimum Gasteiger partial charge on any atom is -0.310 e. The first-order valence-electron chi connectivity index (χ1n) is 22.4. The largest absolute Gasteiger partial charge is 0.310 e. The van der Waals surface area contributed by atoms with Crippen LogP contribution < -0.4 is 4.90 Å². The topological polar surface area (TPSA) is 8.17 Å². The van der Waals surface area contributed by atoms with Crippen LogP contribution in [0.1, 0.15) is 50.7 Å². The Morgan fingerprint density at radius 1 is 0.443 bits per heavy atom. The lowest BCUT2D eigenvalue weighted by Crippen LogP contribution is -2.49. The third-order valence-corrected chi connectivity index (χ3v) is 14.9. The van der Waals surface area contributed by atoms with Gasteiger partial charge in [0.2, 0.25) is 0 Å². The molecule has 1 aromatic heterocycles. The Hall–Kier alpha value is -6.64. The standard InChI is InChI=1S/C59H50N2/c1-39-34-41-36-40(2)59(45(35-39)37-41)54-20-10-6-17-50(54)51-33-32-48(38-55(51)59)60(46-28-24-43(25-29-46)42-14-4-3-5-15-42)47-30-26-44(27-31-47)49-16-7-11-21-56(49)61-57-22-12-8-18-52(57)53-19-9-13-23-58(53)61/h3-33,38-41,45H,34-37H2,1-2H3/t39-,40+,41-,45-,59?/m0/s1. The summed E-state index contributed by atoms with van der Waals surface area (Å²) in [6.07, 6.45) is 5.34. The van der Waals surface area contributed by atoms with Crippen molar-refractivity contribution in [3.8, 4) is 39.1 Å². The van der Waals surface area contributed by atoms with Crippen LogP contribution in [0.25, 0.3) is 60.9 Å². The predicted molar refractivity (Wildman–Crippen MR) is 256 cm³/mol. The Labute approximate surface area is 359 Å². The summed E-state index contributed by atoms with van der Waals surface area (Å²) < 4.78 is 2.44. The van der Waals surface area contributed by atoms with Crippen molar-refractivity contribution in [2.45, 2.75) is 44.9 Å². The van der Waals surface area contributed by atoms with E-state index in [-0.39, 0.29) is 5.41 Å². The van der Waals surface area contributed by atoms with E-state index >= 15 is 0 Å². The summed E-state index contributed by atoms with van der Waals surface area (Å²) in [6.45, 7) is 5.08.